The molecule has 0 saturated heterocycles. The molecular weight excluding hydrogens is 204 g/mol. The summed E-state index contributed by atoms with van der Waals surface area (Å²) < 4.78 is 4.53. The number of aliphatic hydroxyl groups is 1. The number of benzene rings is 1. The van der Waals surface area contributed by atoms with Crippen molar-refractivity contribution < 1.29 is 14.6 Å². The maximum atomic E-state index is 11.3. The number of methoxy groups -OCH3 is 1. The minimum absolute atomic E-state index is 0.0198. The molecule has 84 valence electrons. The maximum Gasteiger partial charge on any atom is 0.344 e. The fraction of sp³-hybridized carbons (Fsp3) is 0.231. The van der Waals surface area contributed by atoms with Crippen molar-refractivity contribution in [2.24, 2.45) is 0 Å². The molecule has 1 atom stereocenters. The molecule has 0 spiro atoms. The first-order valence-electron chi connectivity index (χ1n) is 4.83. The number of carbonyl (C=O) groups is 1. The number of hydrogen-bond donors (Lipinski definition) is 1. The maximum absolute atomic E-state index is 11.3. The zero-order valence-corrected chi connectivity index (χ0v) is 9.36. The smallest absolute Gasteiger partial charge is 0.344 e. The molecule has 0 amide bonds. The number of aliphatic hydroxyl groups excluding tert-OH is 1. The Hall–Kier alpha value is -1.83. The lowest BCUT2D eigenvalue weighted by atomic mass is 10.0. The van der Waals surface area contributed by atoms with Crippen LogP contribution in [0.3, 0.4) is 0 Å². The van der Waals surface area contributed by atoms with Gasteiger partial charge in [0.05, 0.1) is 7.11 Å². The van der Waals surface area contributed by atoms with Crippen molar-refractivity contribution in [2.45, 2.75) is 13.0 Å². The Morgan fingerprint density at radius 2 is 2.00 bits per heavy atom. The highest BCUT2D eigenvalue weighted by Gasteiger charge is 2.20. The molecule has 3 nitrogen and oxygen atoms in total. The van der Waals surface area contributed by atoms with E-state index < -0.39 is 12.1 Å². The molecule has 0 saturated carbocycles. The van der Waals surface area contributed by atoms with E-state index in [1.165, 1.54) is 7.11 Å². The summed E-state index contributed by atoms with van der Waals surface area (Å²) in [5, 5.41) is 9.93. The van der Waals surface area contributed by atoms with Crippen LogP contribution in [0.4, 0.5) is 0 Å². The molecule has 1 aromatic rings. The third kappa shape index (κ3) is 2.60. The summed E-state index contributed by atoms with van der Waals surface area (Å²) in [6, 6.07) is 7.22. The van der Waals surface area contributed by atoms with Gasteiger partial charge in [0.1, 0.15) is 11.7 Å². The summed E-state index contributed by atoms with van der Waals surface area (Å²) in [6.07, 6.45) is -1.05. The van der Waals surface area contributed by atoms with Gasteiger partial charge in [0.2, 0.25) is 0 Å². The number of esters is 1. The van der Waals surface area contributed by atoms with Crippen LogP contribution < -0.4 is 0 Å². The summed E-state index contributed by atoms with van der Waals surface area (Å²) in [5.74, 6) is -0.622. The summed E-state index contributed by atoms with van der Waals surface area (Å²) in [7, 11) is 1.25. The Morgan fingerprint density at radius 3 is 2.44 bits per heavy atom. The van der Waals surface area contributed by atoms with Gasteiger partial charge in [0, 0.05) is 0 Å². The minimum Gasteiger partial charge on any atom is -0.465 e. The zero-order valence-electron chi connectivity index (χ0n) is 9.36. The first-order valence-corrected chi connectivity index (χ1v) is 4.83. The second kappa shape index (κ2) is 5.31. The fourth-order valence-corrected chi connectivity index (χ4v) is 1.31. The lowest BCUT2D eigenvalue weighted by Crippen LogP contribution is -2.12. The molecule has 0 aliphatic rings. The van der Waals surface area contributed by atoms with Crippen LogP contribution in [-0.2, 0) is 9.53 Å². The highest BCUT2D eigenvalue weighted by Crippen LogP contribution is 2.21. The second-order valence-electron chi connectivity index (χ2n) is 3.40. The van der Waals surface area contributed by atoms with Gasteiger partial charge in [-0.1, -0.05) is 36.4 Å². The molecule has 1 aromatic carbocycles. The van der Waals surface area contributed by atoms with E-state index in [1.54, 1.807) is 12.1 Å². The van der Waals surface area contributed by atoms with Crippen molar-refractivity contribution in [3.8, 4) is 0 Å². The third-order valence-electron chi connectivity index (χ3n) is 2.26. The predicted molar refractivity (Wildman–Crippen MR) is 60.8 cm³/mol. The Morgan fingerprint density at radius 1 is 1.44 bits per heavy atom. The van der Waals surface area contributed by atoms with E-state index in [0.29, 0.717) is 5.56 Å². The molecule has 0 radical (unpaired) electrons. The topological polar surface area (TPSA) is 46.5 Å². The Bertz CT molecular complexity index is 425. The Kier molecular flexibility index (Phi) is 4.06. The molecule has 0 aromatic heterocycles. The van der Waals surface area contributed by atoms with E-state index in [2.05, 4.69) is 17.0 Å². The number of ether oxygens (including phenoxy) is 1. The van der Waals surface area contributed by atoms with Crippen molar-refractivity contribution in [3.63, 3.8) is 0 Å². The molecule has 1 rings (SSSR count). The molecule has 16 heavy (non-hydrogen) atoms. The SMILES string of the molecule is C=C=C(C(=O)OC)C(O)c1ccc(C)cc1. The van der Waals surface area contributed by atoms with E-state index in [0.717, 1.165) is 5.56 Å². The van der Waals surface area contributed by atoms with Gasteiger partial charge in [-0.15, -0.1) is 5.73 Å². The van der Waals surface area contributed by atoms with Gasteiger partial charge in [-0.2, -0.15) is 0 Å². The van der Waals surface area contributed by atoms with Crippen LogP contribution in [0.2, 0.25) is 0 Å². The second-order valence-corrected chi connectivity index (χ2v) is 3.40. The molecule has 1 unspecified atom stereocenters. The number of carbonyl (C=O) groups excluding carboxylic acids is 1. The van der Waals surface area contributed by atoms with E-state index in [4.69, 9.17) is 0 Å². The third-order valence-corrected chi connectivity index (χ3v) is 2.26. The summed E-state index contributed by atoms with van der Waals surface area (Å²) in [6.45, 7) is 5.32. The molecule has 3 heteroatoms. The number of rotatable bonds is 3. The highest BCUT2D eigenvalue weighted by molar-refractivity contribution is 5.89. The van der Waals surface area contributed by atoms with Crippen LogP contribution in [0, 0.1) is 6.92 Å². The van der Waals surface area contributed by atoms with E-state index in [1.807, 2.05) is 19.1 Å². The molecule has 0 fully saturated rings. The van der Waals surface area contributed by atoms with Crippen LogP contribution >= 0.6 is 0 Å². The van der Waals surface area contributed by atoms with Gasteiger partial charge in [-0.05, 0) is 12.5 Å². The summed E-state index contributed by atoms with van der Waals surface area (Å²) >= 11 is 0. The zero-order chi connectivity index (χ0) is 12.1. The monoisotopic (exact) mass is 218 g/mol. The number of aryl methyl sites for hydroxylation is 1. The van der Waals surface area contributed by atoms with Crippen LogP contribution in [0.15, 0.2) is 42.1 Å². The standard InChI is InChI=1S/C13H14O3/c1-4-11(13(15)16-3)12(14)10-7-5-9(2)6-8-10/h5-8,12,14H,1H2,2-3H3. The van der Waals surface area contributed by atoms with E-state index >= 15 is 0 Å². The van der Waals surface area contributed by atoms with Gasteiger partial charge in [0.15, 0.2) is 0 Å². The Labute approximate surface area is 94.7 Å². The normalized spacial score (nSPS) is 11.4. The molecular formula is C13H14O3. The average Bonchev–Trinajstić information content (AvgIpc) is 2.30. The molecule has 0 bridgehead atoms. The summed E-state index contributed by atoms with van der Waals surface area (Å²) in [5.41, 5.74) is 4.12. The van der Waals surface area contributed by atoms with Crippen LogP contribution in [-0.4, -0.2) is 18.2 Å². The van der Waals surface area contributed by atoms with Crippen LogP contribution in [0.25, 0.3) is 0 Å². The van der Waals surface area contributed by atoms with Crippen LogP contribution in [0.5, 0.6) is 0 Å². The van der Waals surface area contributed by atoms with Gasteiger partial charge in [-0.3, -0.25) is 0 Å². The van der Waals surface area contributed by atoms with Crippen LogP contribution in [0.1, 0.15) is 17.2 Å². The predicted octanol–water partition coefficient (Wildman–Crippen LogP) is 1.91. The van der Waals surface area contributed by atoms with Crippen molar-refractivity contribution in [1.82, 2.24) is 0 Å². The quantitative estimate of drug-likeness (QED) is 0.479. The fourth-order valence-electron chi connectivity index (χ4n) is 1.31. The van der Waals surface area contributed by atoms with Gasteiger partial charge < -0.3 is 9.84 Å². The van der Waals surface area contributed by atoms with Crippen molar-refractivity contribution in [1.29, 1.82) is 0 Å². The van der Waals surface area contributed by atoms with Gasteiger partial charge in [0.25, 0.3) is 0 Å². The molecule has 0 aliphatic carbocycles. The van der Waals surface area contributed by atoms with Gasteiger partial charge in [-0.25, -0.2) is 4.79 Å². The van der Waals surface area contributed by atoms with Crippen molar-refractivity contribution >= 4 is 5.97 Å². The Balaban J connectivity index is 3.01. The molecule has 0 heterocycles. The highest BCUT2D eigenvalue weighted by atomic mass is 16.5. The van der Waals surface area contributed by atoms with E-state index in [-0.39, 0.29) is 5.57 Å². The molecule has 0 aliphatic heterocycles. The van der Waals surface area contributed by atoms with Crippen molar-refractivity contribution in [2.75, 3.05) is 7.11 Å². The first-order chi connectivity index (χ1) is 7.60. The van der Waals surface area contributed by atoms with Gasteiger partial charge >= 0.3 is 5.97 Å². The number of hydrogen-bond acceptors (Lipinski definition) is 3. The summed E-state index contributed by atoms with van der Waals surface area (Å²) in [4.78, 5) is 11.3. The largest absolute Gasteiger partial charge is 0.465 e. The lowest BCUT2D eigenvalue weighted by Gasteiger charge is -2.11. The molecule has 1 N–H and O–H groups in total. The van der Waals surface area contributed by atoms with Crippen molar-refractivity contribution in [3.05, 3.63) is 53.3 Å². The first kappa shape index (κ1) is 12.2. The van der Waals surface area contributed by atoms with E-state index in [9.17, 15) is 9.90 Å². The average molecular weight is 218 g/mol. The lowest BCUT2D eigenvalue weighted by molar-refractivity contribution is -0.137. The minimum atomic E-state index is -1.05.